The van der Waals surface area contributed by atoms with Gasteiger partial charge in [-0.25, -0.2) is 0 Å². The standard InChI is InChI=1S/C14H17N3/c1-16-11-13-6-4-5-12-7-10-17(14(12)13)9-3-2-8-15/h4-7,10,16H,2-3,9,11H2,1H3. The number of benzene rings is 1. The van der Waals surface area contributed by atoms with Gasteiger partial charge in [-0.15, -0.1) is 0 Å². The number of rotatable bonds is 5. The molecule has 1 heterocycles. The number of nitrogens with one attached hydrogen (secondary N) is 1. The average Bonchev–Trinajstić information content (AvgIpc) is 2.75. The van der Waals surface area contributed by atoms with Gasteiger partial charge in [-0.05, 0) is 30.5 Å². The van der Waals surface area contributed by atoms with Crippen molar-refractivity contribution in [3.8, 4) is 6.07 Å². The molecule has 1 aromatic carbocycles. The van der Waals surface area contributed by atoms with Crippen molar-refractivity contribution < 1.29 is 0 Å². The number of para-hydroxylation sites is 1. The van der Waals surface area contributed by atoms with E-state index in [1.807, 2.05) is 7.05 Å². The molecule has 0 spiro atoms. The number of hydrogen-bond acceptors (Lipinski definition) is 2. The number of hydrogen-bond donors (Lipinski definition) is 1. The summed E-state index contributed by atoms with van der Waals surface area (Å²) in [5, 5.41) is 13.0. The SMILES string of the molecule is CNCc1cccc2ccn(CCCC#N)c12. The van der Waals surface area contributed by atoms with Crippen molar-refractivity contribution in [2.45, 2.75) is 25.9 Å². The Kier molecular flexibility index (Phi) is 3.79. The van der Waals surface area contributed by atoms with Gasteiger partial charge in [0.05, 0.1) is 11.6 Å². The number of nitrogens with zero attached hydrogens (tertiary/aromatic N) is 2. The van der Waals surface area contributed by atoms with E-state index in [-0.39, 0.29) is 0 Å². The summed E-state index contributed by atoms with van der Waals surface area (Å²) >= 11 is 0. The van der Waals surface area contributed by atoms with Gasteiger partial charge in [0.2, 0.25) is 0 Å². The van der Waals surface area contributed by atoms with Gasteiger partial charge in [0.1, 0.15) is 0 Å². The molecule has 17 heavy (non-hydrogen) atoms. The van der Waals surface area contributed by atoms with Gasteiger partial charge in [-0.2, -0.15) is 5.26 Å². The van der Waals surface area contributed by atoms with Crippen LogP contribution in [-0.2, 0) is 13.1 Å². The lowest BCUT2D eigenvalue weighted by molar-refractivity contribution is 0.670. The van der Waals surface area contributed by atoms with Crippen molar-refractivity contribution in [3.63, 3.8) is 0 Å². The molecule has 0 unspecified atom stereocenters. The second-order valence-electron chi connectivity index (χ2n) is 4.16. The Morgan fingerprint density at radius 2 is 2.24 bits per heavy atom. The summed E-state index contributed by atoms with van der Waals surface area (Å²) < 4.78 is 2.25. The summed E-state index contributed by atoms with van der Waals surface area (Å²) in [6, 6.07) is 10.7. The Hall–Kier alpha value is -1.79. The molecule has 1 aromatic heterocycles. The van der Waals surface area contributed by atoms with Crippen LogP contribution in [0.15, 0.2) is 30.5 Å². The van der Waals surface area contributed by atoms with Crippen LogP contribution in [0.3, 0.4) is 0 Å². The van der Waals surface area contributed by atoms with Crippen molar-refractivity contribution in [2.75, 3.05) is 7.05 Å². The molecule has 0 atom stereocenters. The summed E-state index contributed by atoms with van der Waals surface area (Å²) in [6.07, 6.45) is 3.64. The summed E-state index contributed by atoms with van der Waals surface area (Å²) in [5.41, 5.74) is 2.60. The van der Waals surface area contributed by atoms with Crippen LogP contribution in [0.5, 0.6) is 0 Å². The van der Waals surface area contributed by atoms with Gasteiger partial charge < -0.3 is 9.88 Å². The Morgan fingerprint density at radius 1 is 1.35 bits per heavy atom. The molecule has 1 N–H and O–H groups in total. The van der Waals surface area contributed by atoms with Gasteiger partial charge in [-0.1, -0.05) is 18.2 Å². The Bertz CT molecular complexity index is 534. The quantitative estimate of drug-likeness (QED) is 0.798. The Labute approximate surface area is 102 Å². The van der Waals surface area contributed by atoms with Crippen LogP contribution in [0.2, 0.25) is 0 Å². The summed E-state index contributed by atoms with van der Waals surface area (Å²) in [7, 11) is 1.96. The van der Waals surface area contributed by atoms with Crippen LogP contribution < -0.4 is 5.32 Å². The topological polar surface area (TPSA) is 40.8 Å². The molecule has 0 aliphatic rings. The highest BCUT2D eigenvalue weighted by atomic mass is 15.0. The van der Waals surface area contributed by atoms with Crippen LogP contribution in [0.25, 0.3) is 10.9 Å². The van der Waals surface area contributed by atoms with Crippen molar-refractivity contribution in [1.29, 1.82) is 5.26 Å². The first-order valence-corrected chi connectivity index (χ1v) is 5.95. The molecule has 0 aliphatic heterocycles. The second kappa shape index (κ2) is 5.51. The van der Waals surface area contributed by atoms with Crippen LogP contribution in [0, 0.1) is 11.3 Å². The fourth-order valence-electron chi connectivity index (χ4n) is 2.19. The van der Waals surface area contributed by atoms with E-state index >= 15 is 0 Å². The first-order chi connectivity index (χ1) is 8.36. The van der Waals surface area contributed by atoms with Crippen LogP contribution in [-0.4, -0.2) is 11.6 Å². The van der Waals surface area contributed by atoms with Gasteiger partial charge in [0.15, 0.2) is 0 Å². The molecule has 2 aromatic rings. The zero-order valence-electron chi connectivity index (χ0n) is 10.1. The van der Waals surface area contributed by atoms with E-state index in [0.717, 1.165) is 19.5 Å². The maximum absolute atomic E-state index is 8.58. The predicted molar refractivity (Wildman–Crippen MR) is 69.5 cm³/mol. The molecule has 0 amide bonds. The third kappa shape index (κ3) is 2.48. The summed E-state index contributed by atoms with van der Waals surface area (Å²) in [5.74, 6) is 0. The van der Waals surface area contributed by atoms with E-state index < -0.39 is 0 Å². The Balaban J connectivity index is 2.32. The van der Waals surface area contributed by atoms with Gasteiger partial charge >= 0.3 is 0 Å². The smallest absolute Gasteiger partial charge is 0.0622 e. The number of nitriles is 1. The molecule has 3 heteroatoms. The fourth-order valence-corrected chi connectivity index (χ4v) is 2.19. The molecule has 2 rings (SSSR count). The average molecular weight is 227 g/mol. The lowest BCUT2D eigenvalue weighted by atomic mass is 10.1. The summed E-state index contributed by atoms with van der Waals surface area (Å²) in [6.45, 7) is 1.79. The number of aromatic nitrogens is 1. The molecule has 0 bridgehead atoms. The van der Waals surface area contributed by atoms with Gasteiger partial charge in [-0.3, -0.25) is 0 Å². The van der Waals surface area contributed by atoms with E-state index in [0.29, 0.717) is 6.42 Å². The minimum absolute atomic E-state index is 0.619. The highest BCUT2D eigenvalue weighted by molar-refractivity contribution is 5.83. The lowest BCUT2D eigenvalue weighted by Crippen LogP contribution is -2.07. The third-order valence-electron chi connectivity index (χ3n) is 2.93. The predicted octanol–water partition coefficient (Wildman–Crippen LogP) is 2.66. The van der Waals surface area contributed by atoms with E-state index in [9.17, 15) is 0 Å². The van der Waals surface area contributed by atoms with Crippen molar-refractivity contribution in [1.82, 2.24) is 9.88 Å². The van der Waals surface area contributed by atoms with E-state index in [1.165, 1.54) is 16.5 Å². The molecular formula is C14H17N3. The van der Waals surface area contributed by atoms with Crippen molar-refractivity contribution in [3.05, 3.63) is 36.0 Å². The van der Waals surface area contributed by atoms with Crippen molar-refractivity contribution in [2.24, 2.45) is 0 Å². The zero-order valence-corrected chi connectivity index (χ0v) is 10.1. The minimum atomic E-state index is 0.619. The molecular weight excluding hydrogens is 210 g/mol. The number of aryl methyl sites for hydroxylation is 1. The minimum Gasteiger partial charge on any atom is -0.347 e. The molecule has 88 valence electrons. The molecule has 0 fully saturated rings. The first-order valence-electron chi connectivity index (χ1n) is 5.95. The molecule has 0 aliphatic carbocycles. The van der Waals surface area contributed by atoms with Crippen LogP contribution >= 0.6 is 0 Å². The maximum Gasteiger partial charge on any atom is 0.0622 e. The molecule has 0 saturated carbocycles. The van der Waals surface area contributed by atoms with E-state index in [4.69, 9.17) is 5.26 Å². The monoisotopic (exact) mass is 227 g/mol. The van der Waals surface area contributed by atoms with Crippen LogP contribution in [0.1, 0.15) is 18.4 Å². The first kappa shape index (κ1) is 11.7. The second-order valence-corrected chi connectivity index (χ2v) is 4.16. The van der Waals surface area contributed by atoms with Crippen molar-refractivity contribution >= 4 is 10.9 Å². The molecule has 3 nitrogen and oxygen atoms in total. The van der Waals surface area contributed by atoms with E-state index in [1.54, 1.807) is 0 Å². The fraction of sp³-hybridized carbons (Fsp3) is 0.357. The number of unbranched alkanes of at least 4 members (excludes halogenated alkanes) is 1. The summed E-state index contributed by atoms with van der Waals surface area (Å²) in [4.78, 5) is 0. The van der Waals surface area contributed by atoms with Gasteiger partial charge in [0.25, 0.3) is 0 Å². The lowest BCUT2D eigenvalue weighted by Gasteiger charge is -2.08. The highest BCUT2D eigenvalue weighted by Gasteiger charge is 2.05. The Morgan fingerprint density at radius 3 is 3.00 bits per heavy atom. The normalized spacial score (nSPS) is 10.6. The van der Waals surface area contributed by atoms with Gasteiger partial charge in [0, 0.05) is 25.7 Å². The highest BCUT2D eigenvalue weighted by Crippen LogP contribution is 2.20. The third-order valence-corrected chi connectivity index (χ3v) is 2.93. The zero-order chi connectivity index (χ0) is 12.1. The largest absolute Gasteiger partial charge is 0.347 e. The van der Waals surface area contributed by atoms with Crippen LogP contribution in [0.4, 0.5) is 0 Å². The van der Waals surface area contributed by atoms with E-state index in [2.05, 4.69) is 46.4 Å². The maximum atomic E-state index is 8.58. The number of fused-ring (bicyclic) bond motifs is 1. The molecule has 0 radical (unpaired) electrons. The molecule has 0 saturated heterocycles.